The molecule has 2 aromatic carbocycles. The van der Waals surface area contributed by atoms with E-state index in [9.17, 15) is 14.7 Å². The van der Waals surface area contributed by atoms with Crippen molar-refractivity contribution in [2.75, 3.05) is 5.32 Å². The van der Waals surface area contributed by atoms with Crippen LogP contribution in [0.1, 0.15) is 20.8 Å². The molecule has 0 aliphatic heterocycles. The molecule has 3 rings (SSSR count). The van der Waals surface area contributed by atoms with E-state index in [1.165, 1.54) is 10.9 Å². The van der Waals surface area contributed by atoms with Crippen LogP contribution in [0.2, 0.25) is 0 Å². The highest BCUT2D eigenvalue weighted by molar-refractivity contribution is 9.10. The maximum Gasteiger partial charge on any atom is 0.356 e. The third-order valence-electron chi connectivity index (χ3n) is 3.55. The Balaban J connectivity index is 1.94. The van der Waals surface area contributed by atoms with E-state index in [0.717, 1.165) is 4.47 Å². The summed E-state index contributed by atoms with van der Waals surface area (Å²) in [6.07, 6.45) is 1.28. The summed E-state index contributed by atoms with van der Waals surface area (Å²) >= 11 is 3.29. The van der Waals surface area contributed by atoms with Crippen molar-refractivity contribution in [3.05, 3.63) is 81.9 Å². The average Bonchev–Trinajstić information content (AvgIpc) is 3.06. The summed E-state index contributed by atoms with van der Waals surface area (Å²) < 4.78 is 2.03. The van der Waals surface area contributed by atoms with E-state index in [-0.39, 0.29) is 11.4 Å². The Labute approximate surface area is 156 Å². The van der Waals surface area contributed by atoms with Crippen LogP contribution in [0.15, 0.2) is 59.2 Å². The highest BCUT2D eigenvalue weighted by atomic mass is 79.9. The molecule has 0 spiro atoms. The van der Waals surface area contributed by atoms with Crippen molar-refractivity contribution in [1.29, 1.82) is 0 Å². The van der Waals surface area contributed by atoms with Crippen molar-refractivity contribution in [3.8, 4) is 5.69 Å². The van der Waals surface area contributed by atoms with Gasteiger partial charge in [0.2, 0.25) is 0 Å². The molecular formula is C18H11BrN4O3. The van der Waals surface area contributed by atoms with Crippen molar-refractivity contribution >= 4 is 39.2 Å². The number of hydrogen-bond donors (Lipinski definition) is 2. The van der Waals surface area contributed by atoms with Crippen LogP contribution in [0, 0.1) is 6.57 Å². The lowest BCUT2D eigenvalue weighted by molar-refractivity contribution is 0.0688. The molecule has 0 fully saturated rings. The van der Waals surface area contributed by atoms with Gasteiger partial charge in [-0.15, -0.1) is 0 Å². The zero-order valence-electron chi connectivity index (χ0n) is 13.2. The molecule has 0 aliphatic rings. The Bertz CT molecular complexity index is 1020. The number of aromatic carboxylic acids is 1. The minimum Gasteiger partial charge on any atom is -0.476 e. The maximum absolute atomic E-state index is 12.3. The summed E-state index contributed by atoms with van der Waals surface area (Å²) in [4.78, 5) is 27.3. The van der Waals surface area contributed by atoms with Crippen LogP contribution in [0.4, 0.5) is 11.4 Å². The summed E-state index contributed by atoms with van der Waals surface area (Å²) in [6.45, 7) is 6.96. The second kappa shape index (κ2) is 7.21. The smallest absolute Gasteiger partial charge is 0.356 e. The van der Waals surface area contributed by atoms with Crippen molar-refractivity contribution in [1.82, 2.24) is 9.78 Å². The maximum atomic E-state index is 12.3. The largest absolute Gasteiger partial charge is 0.476 e. The van der Waals surface area contributed by atoms with E-state index < -0.39 is 11.9 Å². The van der Waals surface area contributed by atoms with Crippen LogP contribution in [-0.2, 0) is 0 Å². The number of benzene rings is 2. The molecule has 0 unspecified atom stereocenters. The van der Waals surface area contributed by atoms with Crippen LogP contribution in [-0.4, -0.2) is 26.8 Å². The van der Waals surface area contributed by atoms with Gasteiger partial charge >= 0.3 is 5.97 Å². The zero-order chi connectivity index (χ0) is 18.7. The molecule has 0 saturated heterocycles. The number of rotatable bonds is 4. The monoisotopic (exact) mass is 410 g/mol. The fraction of sp³-hybridized carbons (Fsp3) is 0. The van der Waals surface area contributed by atoms with Gasteiger partial charge in [0.15, 0.2) is 11.4 Å². The van der Waals surface area contributed by atoms with Crippen molar-refractivity contribution in [2.45, 2.75) is 0 Å². The molecule has 3 aromatic rings. The molecule has 8 heteroatoms. The van der Waals surface area contributed by atoms with Crippen molar-refractivity contribution < 1.29 is 14.7 Å². The summed E-state index contributed by atoms with van der Waals surface area (Å²) in [5.41, 5.74) is 1.20. The molecule has 0 bridgehead atoms. The summed E-state index contributed by atoms with van der Waals surface area (Å²) in [7, 11) is 0. The van der Waals surface area contributed by atoms with E-state index in [1.54, 1.807) is 48.5 Å². The molecule has 1 heterocycles. The minimum absolute atomic E-state index is 0.0830. The van der Waals surface area contributed by atoms with E-state index in [4.69, 9.17) is 6.57 Å². The number of carboxylic acid groups (broad SMARTS) is 1. The Morgan fingerprint density at radius 2 is 1.77 bits per heavy atom. The number of carbonyl (C=O) groups is 2. The van der Waals surface area contributed by atoms with Crippen LogP contribution < -0.4 is 5.32 Å². The Morgan fingerprint density at radius 1 is 1.12 bits per heavy atom. The van der Waals surface area contributed by atoms with Crippen molar-refractivity contribution in [3.63, 3.8) is 0 Å². The first-order valence-corrected chi connectivity index (χ1v) is 8.15. The minimum atomic E-state index is -1.23. The molecule has 0 atom stereocenters. The lowest BCUT2D eigenvalue weighted by atomic mass is 10.2. The lowest BCUT2D eigenvalue weighted by Crippen LogP contribution is -2.15. The Kier molecular flexibility index (Phi) is 4.82. The molecule has 128 valence electrons. The van der Waals surface area contributed by atoms with Gasteiger partial charge in [0.25, 0.3) is 5.91 Å². The van der Waals surface area contributed by atoms with Gasteiger partial charge in [-0.2, -0.15) is 5.10 Å². The molecular weight excluding hydrogens is 400 g/mol. The molecule has 0 radical (unpaired) electrons. The van der Waals surface area contributed by atoms with Gasteiger partial charge in [-0.25, -0.2) is 14.3 Å². The molecule has 2 N–H and O–H groups in total. The lowest BCUT2D eigenvalue weighted by Gasteiger charge is -2.07. The van der Waals surface area contributed by atoms with Gasteiger partial charge in [0.05, 0.1) is 24.1 Å². The average molecular weight is 411 g/mol. The number of nitrogens with one attached hydrogen (secondary N) is 1. The highest BCUT2D eigenvalue weighted by Gasteiger charge is 2.21. The topological polar surface area (TPSA) is 88.6 Å². The SMILES string of the molecule is [C-]#[N+]c1ccc(-n2ncc(NC(=O)c3ccc(Br)cc3)c2C(=O)O)cc1. The zero-order valence-corrected chi connectivity index (χ0v) is 14.8. The van der Waals surface area contributed by atoms with Crippen LogP contribution >= 0.6 is 15.9 Å². The van der Waals surface area contributed by atoms with E-state index in [1.807, 2.05) is 0 Å². The molecule has 7 nitrogen and oxygen atoms in total. The predicted molar refractivity (Wildman–Crippen MR) is 98.9 cm³/mol. The summed E-state index contributed by atoms with van der Waals surface area (Å²) in [6, 6.07) is 13.0. The molecule has 1 aromatic heterocycles. The first-order valence-electron chi connectivity index (χ1n) is 7.35. The fourth-order valence-electron chi connectivity index (χ4n) is 2.31. The fourth-order valence-corrected chi connectivity index (χ4v) is 2.57. The summed E-state index contributed by atoms with van der Waals surface area (Å²) in [5.74, 6) is -1.68. The van der Waals surface area contributed by atoms with Gasteiger partial charge in [-0.1, -0.05) is 28.1 Å². The number of carbonyl (C=O) groups excluding carboxylic acids is 1. The van der Waals surface area contributed by atoms with Gasteiger partial charge in [-0.3, -0.25) is 4.79 Å². The van der Waals surface area contributed by atoms with Gasteiger partial charge in [0, 0.05) is 10.0 Å². The van der Waals surface area contributed by atoms with E-state index >= 15 is 0 Å². The van der Waals surface area contributed by atoms with Gasteiger partial charge < -0.3 is 10.4 Å². The number of hydrogen-bond acceptors (Lipinski definition) is 3. The van der Waals surface area contributed by atoms with Crippen LogP contribution in [0.25, 0.3) is 10.5 Å². The van der Waals surface area contributed by atoms with E-state index in [2.05, 4.69) is 31.2 Å². The Hall–Kier alpha value is -3.44. The Morgan fingerprint density at radius 3 is 2.35 bits per heavy atom. The van der Waals surface area contributed by atoms with Crippen LogP contribution in [0.5, 0.6) is 0 Å². The van der Waals surface area contributed by atoms with Gasteiger partial charge in [-0.05, 0) is 36.4 Å². The third kappa shape index (κ3) is 3.48. The highest BCUT2D eigenvalue weighted by Crippen LogP contribution is 2.22. The number of aromatic nitrogens is 2. The molecule has 1 amide bonds. The first kappa shape index (κ1) is 17.4. The predicted octanol–water partition coefficient (Wildman–Crippen LogP) is 4.14. The standard InChI is InChI=1S/C18H11BrN4O3/c1-20-13-6-8-14(9-7-13)23-16(18(25)26)15(10-21-23)22-17(24)11-2-4-12(19)5-3-11/h2-10H,(H,22,24)(H,25,26). The second-order valence-corrected chi connectivity index (χ2v) is 6.13. The number of amides is 1. The summed E-state index contributed by atoms with van der Waals surface area (Å²) in [5, 5.41) is 16.2. The van der Waals surface area contributed by atoms with Crippen LogP contribution in [0.3, 0.4) is 0 Å². The molecule has 0 aliphatic carbocycles. The van der Waals surface area contributed by atoms with E-state index in [0.29, 0.717) is 16.9 Å². The molecule has 0 saturated carbocycles. The number of carboxylic acids is 1. The third-order valence-corrected chi connectivity index (χ3v) is 4.08. The number of nitrogens with zero attached hydrogens (tertiary/aromatic N) is 3. The first-order chi connectivity index (χ1) is 12.5. The van der Waals surface area contributed by atoms with Gasteiger partial charge in [0.1, 0.15) is 0 Å². The molecule has 26 heavy (non-hydrogen) atoms. The second-order valence-electron chi connectivity index (χ2n) is 5.21. The number of halogens is 1. The normalized spacial score (nSPS) is 10.2. The number of anilines is 1. The quantitative estimate of drug-likeness (QED) is 0.632. The van der Waals surface area contributed by atoms with Crippen molar-refractivity contribution in [2.24, 2.45) is 0 Å².